The molecule has 16 heavy (non-hydrogen) atoms. The van der Waals surface area contributed by atoms with E-state index in [2.05, 4.69) is 27.9 Å². The average molecular weight is 345 g/mol. The molecule has 0 aromatic heterocycles. The zero-order chi connectivity index (χ0) is 12.0. The van der Waals surface area contributed by atoms with Gasteiger partial charge in [-0.25, -0.2) is 8.78 Å². The number of halogens is 3. The van der Waals surface area contributed by atoms with E-state index in [0.29, 0.717) is 19.4 Å². The number of unbranched alkanes of at least 4 members (excludes halogenated alkanes) is 1. The molecule has 0 aromatic carbocycles. The summed E-state index contributed by atoms with van der Waals surface area (Å²) in [5.41, 5.74) is 0. The van der Waals surface area contributed by atoms with Crippen LogP contribution in [0, 0.1) is 5.92 Å². The molecule has 1 saturated carbocycles. The van der Waals surface area contributed by atoms with Crippen molar-refractivity contribution in [3.63, 3.8) is 0 Å². The van der Waals surface area contributed by atoms with Crippen molar-refractivity contribution in [1.82, 2.24) is 5.32 Å². The first-order valence-corrected chi connectivity index (χ1v) is 7.29. The van der Waals surface area contributed by atoms with Crippen LogP contribution in [0.2, 0.25) is 0 Å². The molecule has 0 aromatic rings. The molecular formula is C11H18F2INO. The van der Waals surface area contributed by atoms with Crippen molar-refractivity contribution < 1.29 is 13.6 Å². The van der Waals surface area contributed by atoms with Crippen molar-refractivity contribution in [2.45, 2.75) is 44.4 Å². The van der Waals surface area contributed by atoms with Gasteiger partial charge in [0.1, 0.15) is 0 Å². The minimum atomic E-state index is -2.54. The van der Waals surface area contributed by atoms with Crippen LogP contribution in [0.4, 0.5) is 8.78 Å². The second-order valence-electron chi connectivity index (χ2n) is 4.32. The Bertz CT molecular complexity index is 226. The van der Waals surface area contributed by atoms with Crippen LogP contribution < -0.4 is 5.32 Å². The molecule has 1 rings (SSSR count). The topological polar surface area (TPSA) is 29.1 Å². The van der Waals surface area contributed by atoms with Crippen LogP contribution in [0.15, 0.2) is 0 Å². The second-order valence-corrected chi connectivity index (χ2v) is 5.40. The molecule has 94 valence electrons. The molecular weight excluding hydrogens is 327 g/mol. The summed E-state index contributed by atoms with van der Waals surface area (Å²) >= 11 is 2.30. The van der Waals surface area contributed by atoms with Gasteiger partial charge in [-0.05, 0) is 30.1 Å². The van der Waals surface area contributed by atoms with E-state index in [0.717, 1.165) is 17.3 Å². The molecule has 5 heteroatoms. The summed E-state index contributed by atoms with van der Waals surface area (Å²) in [6.07, 6.45) is 2.43. The third-order valence-electron chi connectivity index (χ3n) is 2.95. The monoisotopic (exact) mass is 345 g/mol. The SMILES string of the molecule is O=C(NCCCCI)C1CCC(F)(F)CC1. The molecule has 0 heterocycles. The Hall–Kier alpha value is 0.0600. The Morgan fingerprint density at radius 1 is 1.31 bits per heavy atom. The van der Waals surface area contributed by atoms with E-state index in [4.69, 9.17) is 0 Å². The molecule has 0 atom stereocenters. The average Bonchev–Trinajstić information content (AvgIpc) is 2.24. The Kier molecular flexibility index (Phi) is 5.92. The lowest BCUT2D eigenvalue weighted by Gasteiger charge is -2.27. The number of hydrogen-bond donors (Lipinski definition) is 1. The normalized spacial score (nSPS) is 20.7. The summed E-state index contributed by atoms with van der Waals surface area (Å²) in [4.78, 5) is 11.6. The largest absolute Gasteiger partial charge is 0.356 e. The zero-order valence-electron chi connectivity index (χ0n) is 9.28. The van der Waals surface area contributed by atoms with Crippen LogP contribution in [-0.4, -0.2) is 22.8 Å². The Morgan fingerprint density at radius 2 is 1.94 bits per heavy atom. The lowest BCUT2D eigenvalue weighted by molar-refractivity contribution is -0.129. The lowest BCUT2D eigenvalue weighted by Crippen LogP contribution is -2.36. The molecule has 0 unspecified atom stereocenters. The standard InChI is InChI=1S/C11H18F2INO/c12-11(13)5-3-9(4-6-11)10(16)15-8-2-1-7-14/h9H,1-8H2,(H,15,16). The number of hydrogen-bond acceptors (Lipinski definition) is 1. The first-order chi connectivity index (χ1) is 7.55. The molecule has 0 bridgehead atoms. The summed E-state index contributed by atoms with van der Waals surface area (Å²) in [6.45, 7) is 0.675. The van der Waals surface area contributed by atoms with Crippen LogP contribution in [0.3, 0.4) is 0 Å². The van der Waals surface area contributed by atoms with Crippen LogP contribution in [0.25, 0.3) is 0 Å². The van der Waals surface area contributed by atoms with Crippen LogP contribution >= 0.6 is 22.6 Å². The lowest BCUT2D eigenvalue weighted by atomic mass is 9.86. The van der Waals surface area contributed by atoms with Gasteiger partial charge in [-0.2, -0.15) is 0 Å². The van der Waals surface area contributed by atoms with Gasteiger partial charge in [0, 0.05) is 25.3 Å². The molecule has 0 spiro atoms. The summed E-state index contributed by atoms with van der Waals surface area (Å²) in [7, 11) is 0. The van der Waals surface area contributed by atoms with Gasteiger partial charge in [0.25, 0.3) is 0 Å². The van der Waals surface area contributed by atoms with Crippen molar-refractivity contribution in [1.29, 1.82) is 0 Å². The highest BCUT2D eigenvalue weighted by atomic mass is 127. The van der Waals surface area contributed by atoms with Crippen molar-refractivity contribution in [2.24, 2.45) is 5.92 Å². The maximum Gasteiger partial charge on any atom is 0.248 e. The van der Waals surface area contributed by atoms with Gasteiger partial charge in [0.2, 0.25) is 11.8 Å². The molecule has 0 aliphatic heterocycles. The van der Waals surface area contributed by atoms with Crippen molar-refractivity contribution in [2.75, 3.05) is 11.0 Å². The van der Waals surface area contributed by atoms with E-state index < -0.39 is 5.92 Å². The van der Waals surface area contributed by atoms with E-state index in [1.54, 1.807) is 0 Å². The molecule has 1 aliphatic rings. The summed E-state index contributed by atoms with van der Waals surface area (Å²) in [6, 6.07) is 0. The predicted molar refractivity (Wildman–Crippen MR) is 68.0 cm³/mol. The minimum Gasteiger partial charge on any atom is -0.356 e. The maximum atomic E-state index is 12.9. The highest BCUT2D eigenvalue weighted by Gasteiger charge is 2.37. The molecule has 1 N–H and O–H groups in total. The van der Waals surface area contributed by atoms with Crippen molar-refractivity contribution in [3.8, 4) is 0 Å². The summed E-state index contributed by atoms with van der Waals surface area (Å²) in [5.74, 6) is -2.78. The second kappa shape index (κ2) is 6.71. The molecule has 0 saturated heterocycles. The van der Waals surface area contributed by atoms with Gasteiger partial charge in [0.05, 0.1) is 0 Å². The smallest absolute Gasteiger partial charge is 0.248 e. The van der Waals surface area contributed by atoms with Crippen molar-refractivity contribution in [3.05, 3.63) is 0 Å². The highest BCUT2D eigenvalue weighted by molar-refractivity contribution is 14.1. The van der Waals surface area contributed by atoms with Gasteiger partial charge in [-0.15, -0.1) is 0 Å². The molecule has 2 nitrogen and oxygen atoms in total. The van der Waals surface area contributed by atoms with E-state index >= 15 is 0 Å². The number of amides is 1. The quantitative estimate of drug-likeness (QED) is 0.463. The predicted octanol–water partition coefficient (Wildman–Crippen LogP) is 3.14. The van der Waals surface area contributed by atoms with Gasteiger partial charge in [0.15, 0.2) is 0 Å². The Morgan fingerprint density at radius 3 is 2.50 bits per heavy atom. The van der Waals surface area contributed by atoms with Gasteiger partial charge >= 0.3 is 0 Å². The van der Waals surface area contributed by atoms with E-state index in [1.165, 1.54) is 0 Å². The number of alkyl halides is 3. The number of carbonyl (C=O) groups is 1. The zero-order valence-corrected chi connectivity index (χ0v) is 11.4. The van der Waals surface area contributed by atoms with Crippen LogP contribution in [0.1, 0.15) is 38.5 Å². The third-order valence-corrected chi connectivity index (χ3v) is 3.71. The maximum absolute atomic E-state index is 12.9. The molecule has 1 aliphatic carbocycles. The fourth-order valence-electron chi connectivity index (χ4n) is 1.88. The number of carbonyl (C=O) groups excluding carboxylic acids is 1. The first kappa shape index (κ1) is 14.1. The van der Waals surface area contributed by atoms with Crippen LogP contribution in [0.5, 0.6) is 0 Å². The fraction of sp³-hybridized carbons (Fsp3) is 0.909. The van der Waals surface area contributed by atoms with E-state index in [1.807, 2.05) is 0 Å². The summed E-state index contributed by atoms with van der Waals surface area (Å²) in [5, 5.41) is 2.83. The Balaban J connectivity index is 2.18. The molecule has 1 amide bonds. The van der Waals surface area contributed by atoms with Gasteiger partial charge < -0.3 is 5.32 Å². The first-order valence-electron chi connectivity index (χ1n) is 5.77. The number of nitrogens with one attached hydrogen (secondary N) is 1. The van der Waals surface area contributed by atoms with E-state index in [9.17, 15) is 13.6 Å². The molecule has 0 radical (unpaired) electrons. The highest BCUT2D eigenvalue weighted by Crippen LogP contribution is 2.36. The Labute approximate surface area is 109 Å². The van der Waals surface area contributed by atoms with Crippen molar-refractivity contribution >= 4 is 28.5 Å². The van der Waals surface area contributed by atoms with Gasteiger partial charge in [-0.1, -0.05) is 22.6 Å². The van der Waals surface area contributed by atoms with E-state index in [-0.39, 0.29) is 24.7 Å². The minimum absolute atomic E-state index is 0.0380. The molecule has 1 fully saturated rings. The number of rotatable bonds is 5. The van der Waals surface area contributed by atoms with Crippen LogP contribution in [-0.2, 0) is 4.79 Å². The fourth-order valence-corrected chi connectivity index (χ4v) is 2.42. The summed E-state index contributed by atoms with van der Waals surface area (Å²) < 4.78 is 26.8. The van der Waals surface area contributed by atoms with Gasteiger partial charge in [-0.3, -0.25) is 4.79 Å². The third kappa shape index (κ3) is 4.93.